The molecule has 2 nitrogen and oxygen atoms in total. The van der Waals surface area contributed by atoms with E-state index in [9.17, 15) is 0 Å². The molecule has 1 aliphatic heterocycles. The fraction of sp³-hybridized carbons (Fsp3) is 0.333. The third-order valence-electron chi connectivity index (χ3n) is 3.03. The van der Waals surface area contributed by atoms with E-state index >= 15 is 0 Å². The van der Waals surface area contributed by atoms with Gasteiger partial charge in [-0.05, 0) is 24.6 Å². The summed E-state index contributed by atoms with van der Waals surface area (Å²) in [5, 5.41) is 1.37. The van der Waals surface area contributed by atoms with Gasteiger partial charge in [0, 0.05) is 30.8 Å². The molecule has 0 unspecified atom stereocenters. The Morgan fingerprint density at radius 1 is 1.14 bits per heavy atom. The summed E-state index contributed by atoms with van der Waals surface area (Å²) in [6, 6.07) is 10.9. The molecular weight excluding hydrogens is 172 g/mol. The number of fused-ring (bicyclic) bond motifs is 3. The number of likely N-dealkylation sites (N-methyl/N-ethyl adjacent to an activating group) is 1. The third kappa shape index (κ3) is 1.07. The van der Waals surface area contributed by atoms with Crippen LogP contribution in [0.15, 0.2) is 30.3 Å². The third-order valence-corrected chi connectivity index (χ3v) is 3.03. The van der Waals surface area contributed by atoms with Crippen molar-refractivity contribution in [2.24, 2.45) is 0 Å². The lowest BCUT2D eigenvalue weighted by molar-refractivity contribution is 0.273. The van der Waals surface area contributed by atoms with Crippen molar-refractivity contribution in [1.82, 2.24) is 9.47 Å². The zero-order chi connectivity index (χ0) is 9.54. The van der Waals surface area contributed by atoms with Crippen LogP contribution in [-0.4, -0.2) is 23.1 Å². The summed E-state index contributed by atoms with van der Waals surface area (Å²) in [5.74, 6) is 0. The van der Waals surface area contributed by atoms with Crippen molar-refractivity contribution in [1.29, 1.82) is 0 Å². The topological polar surface area (TPSA) is 8.17 Å². The molecule has 72 valence electrons. The van der Waals surface area contributed by atoms with Gasteiger partial charge in [-0.3, -0.25) is 4.90 Å². The summed E-state index contributed by atoms with van der Waals surface area (Å²) >= 11 is 0. The van der Waals surface area contributed by atoms with Crippen LogP contribution >= 0.6 is 0 Å². The number of hydrogen-bond acceptors (Lipinski definition) is 1. The zero-order valence-electron chi connectivity index (χ0n) is 8.40. The Labute approximate surface area is 83.7 Å². The fourth-order valence-electron chi connectivity index (χ4n) is 2.29. The van der Waals surface area contributed by atoms with E-state index in [0.29, 0.717) is 0 Å². The standard InChI is InChI=1S/C12H14N2/c1-13-6-7-14-11(9-13)8-10-4-2-3-5-12(10)14/h2-5,8H,6-7,9H2,1H3. The Morgan fingerprint density at radius 2 is 2.00 bits per heavy atom. The number of hydrogen-bond donors (Lipinski definition) is 0. The summed E-state index contributed by atoms with van der Waals surface area (Å²) < 4.78 is 2.44. The maximum Gasteiger partial charge on any atom is 0.0483 e. The molecule has 0 saturated heterocycles. The summed E-state index contributed by atoms with van der Waals surface area (Å²) in [7, 11) is 2.18. The zero-order valence-corrected chi connectivity index (χ0v) is 8.40. The molecule has 0 N–H and O–H groups in total. The smallest absolute Gasteiger partial charge is 0.0483 e. The van der Waals surface area contributed by atoms with Gasteiger partial charge in [-0.25, -0.2) is 0 Å². The quantitative estimate of drug-likeness (QED) is 0.611. The maximum atomic E-state index is 2.44. The van der Waals surface area contributed by atoms with Crippen molar-refractivity contribution in [2.75, 3.05) is 13.6 Å². The van der Waals surface area contributed by atoms with Crippen LogP contribution in [0.5, 0.6) is 0 Å². The second-order valence-corrected chi connectivity index (χ2v) is 4.08. The van der Waals surface area contributed by atoms with Crippen LogP contribution in [0.25, 0.3) is 10.9 Å². The fourth-order valence-corrected chi connectivity index (χ4v) is 2.29. The van der Waals surface area contributed by atoms with Gasteiger partial charge in [0.2, 0.25) is 0 Å². The van der Waals surface area contributed by atoms with Crippen LogP contribution in [0, 0.1) is 0 Å². The van der Waals surface area contributed by atoms with Gasteiger partial charge in [0.05, 0.1) is 0 Å². The van der Waals surface area contributed by atoms with Gasteiger partial charge in [0.25, 0.3) is 0 Å². The van der Waals surface area contributed by atoms with Crippen LogP contribution < -0.4 is 0 Å². The molecule has 0 saturated carbocycles. The summed E-state index contributed by atoms with van der Waals surface area (Å²) in [6.07, 6.45) is 0. The Hall–Kier alpha value is -1.28. The van der Waals surface area contributed by atoms with Gasteiger partial charge in [-0.2, -0.15) is 0 Å². The molecule has 3 rings (SSSR count). The van der Waals surface area contributed by atoms with E-state index in [2.05, 4.69) is 46.8 Å². The highest BCUT2D eigenvalue weighted by molar-refractivity contribution is 5.81. The Balaban J connectivity index is 2.24. The minimum atomic E-state index is 1.08. The molecule has 14 heavy (non-hydrogen) atoms. The highest BCUT2D eigenvalue weighted by Crippen LogP contribution is 2.22. The average Bonchev–Trinajstić information content (AvgIpc) is 2.54. The summed E-state index contributed by atoms with van der Waals surface area (Å²) in [4.78, 5) is 2.37. The van der Waals surface area contributed by atoms with E-state index in [0.717, 1.165) is 19.6 Å². The highest BCUT2D eigenvalue weighted by atomic mass is 15.2. The Kier molecular flexibility index (Phi) is 1.64. The van der Waals surface area contributed by atoms with Crippen LogP contribution in [0.4, 0.5) is 0 Å². The Morgan fingerprint density at radius 3 is 2.93 bits per heavy atom. The van der Waals surface area contributed by atoms with Crippen molar-refractivity contribution in [3.63, 3.8) is 0 Å². The van der Waals surface area contributed by atoms with Gasteiger partial charge in [0.1, 0.15) is 0 Å². The van der Waals surface area contributed by atoms with Gasteiger partial charge in [-0.15, -0.1) is 0 Å². The molecular formula is C12H14N2. The van der Waals surface area contributed by atoms with Gasteiger partial charge in [-0.1, -0.05) is 18.2 Å². The van der Waals surface area contributed by atoms with E-state index in [1.807, 2.05) is 0 Å². The predicted octanol–water partition coefficient (Wildman–Crippen LogP) is 2.09. The summed E-state index contributed by atoms with van der Waals surface area (Å²) in [6.45, 7) is 3.36. The molecule has 0 bridgehead atoms. The molecule has 0 amide bonds. The average molecular weight is 186 g/mol. The van der Waals surface area contributed by atoms with Gasteiger partial charge < -0.3 is 4.57 Å². The van der Waals surface area contributed by atoms with E-state index in [1.165, 1.54) is 16.6 Å². The van der Waals surface area contributed by atoms with Crippen molar-refractivity contribution in [3.05, 3.63) is 36.0 Å². The molecule has 0 aliphatic carbocycles. The number of para-hydroxylation sites is 1. The van der Waals surface area contributed by atoms with Crippen molar-refractivity contribution in [2.45, 2.75) is 13.1 Å². The second-order valence-electron chi connectivity index (χ2n) is 4.08. The van der Waals surface area contributed by atoms with Crippen molar-refractivity contribution < 1.29 is 0 Å². The molecule has 2 aromatic rings. The number of benzene rings is 1. The van der Waals surface area contributed by atoms with E-state index in [4.69, 9.17) is 0 Å². The largest absolute Gasteiger partial charge is 0.342 e. The Bertz CT molecular complexity index is 470. The lowest BCUT2D eigenvalue weighted by Gasteiger charge is -2.24. The second kappa shape index (κ2) is 2.85. The molecule has 0 fully saturated rings. The van der Waals surface area contributed by atoms with Crippen LogP contribution in [0.2, 0.25) is 0 Å². The molecule has 0 radical (unpaired) electrons. The number of rotatable bonds is 0. The number of aromatic nitrogens is 1. The molecule has 0 atom stereocenters. The minimum absolute atomic E-state index is 1.08. The van der Waals surface area contributed by atoms with E-state index < -0.39 is 0 Å². The van der Waals surface area contributed by atoms with Gasteiger partial charge >= 0.3 is 0 Å². The lowest BCUT2D eigenvalue weighted by atomic mass is 10.2. The first kappa shape index (κ1) is 8.06. The van der Waals surface area contributed by atoms with Crippen molar-refractivity contribution in [3.8, 4) is 0 Å². The van der Waals surface area contributed by atoms with Crippen molar-refractivity contribution >= 4 is 10.9 Å². The molecule has 1 aromatic heterocycles. The molecule has 1 aromatic carbocycles. The molecule has 2 heteroatoms. The van der Waals surface area contributed by atoms with Crippen LogP contribution in [0.3, 0.4) is 0 Å². The molecule has 0 spiro atoms. The molecule has 1 aliphatic rings. The first-order chi connectivity index (χ1) is 6.84. The van der Waals surface area contributed by atoms with Crippen LogP contribution in [0.1, 0.15) is 5.69 Å². The maximum absolute atomic E-state index is 2.44. The first-order valence-corrected chi connectivity index (χ1v) is 5.10. The summed E-state index contributed by atoms with van der Waals surface area (Å²) in [5.41, 5.74) is 2.83. The lowest BCUT2D eigenvalue weighted by Crippen LogP contribution is -2.29. The highest BCUT2D eigenvalue weighted by Gasteiger charge is 2.14. The van der Waals surface area contributed by atoms with E-state index in [1.54, 1.807) is 0 Å². The molecule has 2 heterocycles. The SMILES string of the molecule is CN1CCn2c(cc3ccccc32)C1. The normalized spacial score (nSPS) is 17.2. The monoisotopic (exact) mass is 186 g/mol. The first-order valence-electron chi connectivity index (χ1n) is 5.10. The minimum Gasteiger partial charge on any atom is -0.342 e. The van der Waals surface area contributed by atoms with Crippen LogP contribution in [-0.2, 0) is 13.1 Å². The number of nitrogens with zero attached hydrogens (tertiary/aromatic N) is 2. The van der Waals surface area contributed by atoms with E-state index in [-0.39, 0.29) is 0 Å². The van der Waals surface area contributed by atoms with Gasteiger partial charge in [0.15, 0.2) is 0 Å². The predicted molar refractivity (Wildman–Crippen MR) is 58.3 cm³/mol.